The first-order valence-corrected chi connectivity index (χ1v) is 9.78. The van der Waals surface area contributed by atoms with Gasteiger partial charge in [0.25, 0.3) is 0 Å². The number of aryl methyl sites for hydroxylation is 1. The third kappa shape index (κ3) is 4.33. The predicted molar refractivity (Wildman–Crippen MR) is 97.6 cm³/mol. The summed E-state index contributed by atoms with van der Waals surface area (Å²) in [5, 5.41) is 12.5. The molecule has 1 atom stereocenters. The fourth-order valence-corrected chi connectivity index (χ4v) is 3.98. The summed E-state index contributed by atoms with van der Waals surface area (Å²) < 4.78 is 14.6. The maximum absolute atomic E-state index is 12.7. The highest BCUT2D eigenvalue weighted by atomic mass is 32.2. The van der Waals surface area contributed by atoms with Gasteiger partial charge in [0, 0.05) is 37.2 Å². The number of tetrazole rings is 1. The highest BCUT2D eigenvalue weighted by Crippen LogP contribution is 2.22. The molecule has 142 valence electrons. The van der Waals surface area contributed by atoms with Crippen LogP contribution in [0.1, 0.15) is 34.6 Å². The zero-order valence-corrected chi connectivity index (χ0v) is 16.3. The third-order valence-corrected chi connectivity index (χ3v) is 5.58. The van der Waals surface area contributed by atoms with Gasteiger partial charge in [0.1, 0.15) is 0 Å². The lowest BCUT2D eigenvalue weighted by atomic mass is 10.2. The van der Waals surface area contributed by atoms with Crippen molar-refractivity contribution in [2.75, 3.05) is 26.1 Å². The van der Waals surface area contributed by atoms with Crippen LogP contribution in [-0.2, 0) is 22.6 Å². The van der Waals surface area contributed by atoms with Crippen molar-refractivity contribution < 1.29 is 14.3 Å². The van der Waals surface area contributed by atoms with E-state index in [1.54, 1.807) is 11.8 Å². The maximum Gasteiger partial charge on any atom is 0.209 e. The van der Waals surface area contributed by atoms with Gasteiger partial charge < -0.3 is 14.0 Å². The Morgan fingerprint density at radius 1 is 1.46 bits per heavy atom. The quantitative estimate of drug-likeness (QED) is 0.486. The van der Waals surface area contributed by atoms with Crippen molar-refractivity contribution in [3.8, 4) is 0 Å². The van der Waals surface area contributed by atoms with Crippen molar-refractivity contribution in [2.24, 2.45) is 0 Å². The summed E-state index contributed by atoms with van der Waals surface area (Å²) in [5.41, 5.74) is 2.80. The zero-order valence-electron chi connectivity index (χ0n) is 15.5. The summed E-state index contributed by atoms with van der Waals surface area (Å²) in [6.07, 6.45) is 2.26. The van der Waals surface area contributed by atoms with Crippen molar-refractivity contribution >= 4 is 17.5 Å². The van der Waals surface area contributed by atoms with Crippen LogP contribution in [0, 0.1) is 13.8 Å². The Labute approximate surface area is 157 Å². The zero-order chi connectivity index (χ0) is 18.5. The number of carbonyl (C=O) groups is 1. The van der Waals surface area contributed by atoms with Gasteiger partial charge in [-0.2, -0.15) is 0 Å². The number of rotatable bonds is 9. The lowest BCUT2D eigenvalue weighted by Crippen LogP contribution is -2.17. The topological polar surface area (TPSA) is 84.1 Å². The van der Waals surface area contributed by atoms with E-state index in [0.717, 1.165) is 42.9 Å². The van der Waals surface area contributed by atoms with Crippen LogP contribution >= 0.6 is 11.8 Å². The second-order valence-corrected chi connectivity index (χ2v) is 7.36. The summed E-state index contributed by atoms with van der Waals surface area (Å²) in [7, 11) is 1.68. The molecule has 0 amide bonds. The van der Waals surface area contributed by atoms with E-state index >= 15 is 0 Å². The largest absolute Gasteiger partial charge is 0.383 e. The molecule has 1 saturated heterocycles. The van der Waals surface area contributed by atoms with E-state index in [9.17, 15) is 4.79 Å². The first-order chi connectivity index (χ1) is 12.6. The Kier molecular flexibility index (Phi) is 6.44. The number of aromatic nitrogens is 5. The van der Waals surface area contributed by atoms with Gasteiger partial charge in [-0.1, -0.05) is 11.8 Å². The number of nitrogens with zero attached hydrogens (tertiary/aromatic N) is 5. The molecule has 2 aromatic heterocycles. The minimum Gasteiger partial charge on any atom is -0.383 e. The molecule has 3 rings (SSSR count). The molecule has 0 aliphatic carbocycles. The number of thioether (sulfide) groups is 1. The Balaban J connectivity index is 1.62. The Bertz CT molecular complexity index is 752. The molecule has 0 saturated carbocycles. The van der Waals surface area contributed by atoms with E-state index in [4.69, 9.17) is 9.47 Å². The molecule has 0 N–H and O–H groups in total. The van der Waals surface area contributed by atoms with E-state index < -0.39 is 0 Å². The Morgan fingerprint density at radius 3 is 3.04 bits per heavy atom. The minimum absolute atomic E-state index is 0.0819. The van der Waals surface area contributed by atoms with E-state index in [1.807, 2.05) is 19.9 Å². The van der Waals surface area contributed by atoms with Crippen molar-refractivity contribution in [1.29, 1.82) is 0 Å². The van der Waals surface area contributed by atoms with Crippen molar-refractivity contribution in [3.63, 3.8) is 0 Å². The predicted octanol–water partition coefficient (Wildman–Crippen LogP) is 1.89. The Morgan fingerprint density at radius 2 is 2.31 bits per heavy atom. The smallest absolute Gasteiger partial charge is 0.209 e. The number of Topliss-reactive ketones (excluding diaryl/α,β-unsaturated/α-hetero) is 1. The fourth-order valence-electron chi connectivity index (χ4n) is 3.21. The summed E-state index contributed by atoms with van der Waals surface area (Å²) >= 11 is 1.37. The molecule has 8 nitrogen and oxygen atoms in total. The number of ketones is 1. The second kappa shape index (κ2) is 8.79. The molecule has 0 radical (unpaired) electrons. The van der Waals surface area contributed by atoms with Gasteiger partial charge in [-0.05, 0) is 43.2 Å². The second-order valence-electron chi connectivity index (χ2n) is 6.42. The van der Waals surface area contributed by atoms with E-state index in [0.29, 0.717) is 24.1 Å². The molecular formula is C17H25N5O3S. The molecule has 3 heterocycles. The summed E-state index contributed by atoms with van der Waals surface area (Å²) in [6, 6.07) is 1.95. The number of methoxy groups -OCH3 is 1. The first kappa shape index (κ1) is 19.1. The fraction of sp³-hybridized carbons (Fsp3) is 0.647. The van der Waals surface area contributed by atoms with E-state index in [1.165, 1.54) is 11.8 Å². The molecule has 0 aromatic carbocycles. The van der Waals surface area contributed by atoms with Gasteiger partial charge in [-0.3, -0.25) is 4.79 Å². The molecule has 1 aliphatic heterocycles. The maximum atomic E-state index is 12.7. The van der Waals surface area contributed by atoms with Crippen molar-refractivity contribution in [2.45, 2.75) is 51.0 Å². The standard InChI is InChI=1S/C17H25N5O3S/c1-12-9-15(13(2)21(12)6-8-24-3)16(23)11-26-17-18-19-20-22(17)10-14-5-4-7-25-14/h9,14H,4-8,10-11H2,1-3H3/t14-/m1/s1. The van der Waals surface area contributed by atoms with Crippen LogP contribution < -0.4 is 0 Å². The average Bonchev–Trinajstić information content (AvgIpc) is 3.35. The molecule has 0 bridgehead atoms. The normalized spacial score (nSPS) is 17.1. The third-order valence-electron chi connectivity index (χ3n) is 4.63. The number of carbonyl (C=O) groups excluding carboxylic acids is 1. The molecule has 1 aliphatic rings. The number of ether oxygens (including phenoxy) is 2. The summed E-state index contributed by atoms with van der Waals surface area (Å²) in [5.74, 6) is 0.388. The molecule has 0 unspecified atom stereocenters. The lowest BCUT2D eigenvalue weighted by Gasteiger charge is -2.10. The molecule has 1 fully saturated rings. The monoisotopic (exact) mass is 379 g/mol. The lowest BCUT2D eigenvalue weighted by molar-refractivity contribution is 0.0912. The molecular weight excluding hydrogens is 354 g/mol. The van der Waals surface area contributed by atoms with Crippen molar-refractivity contribution in [3.05, 3.63) is 23.0 Å². The molecule has 2 aromatic rings. The van der Waals surface area contributed by atoms with Crippen LogP contribution in [0.3, 0.4) is 0 Å². The number of hydrogen-bond acceptors (Lipinski definition) is 7. The molecule has 26 heavy (non-hydrogen) atoms. The van der Waals surface area contributed by atoms with E-state index in [2.05, 4.69) is 20.1 Å². The summed E-state index contributed by atoms with van der Waals surface area (Å²) in [4.78, 5) is 12.7. The first-order valence-electron chi connectivity index (χ1n) is 8.79. The molecule has 0 spiro atoms. The highest BCUT2D eigenvalue weighted by molar-refractivity contribution is 7.99. The van der Waals surface area contributed by atoms with Crippen molar-refractivity contribution in [1.82, 2.24) is 24.8 Å². The summed E-state index contributed by atoms with van der Waals surface area (Å²) in [6.45, 7) is 6.78. The van der Waals surface area contributed by atoms with Crippen LogP contribution in [0.5, 0.6) is 0 Å². The van der Waals surface area contributed by atoms with Gasteiger partial charge in [-0.15, -0.1) is 5.10 Å². The highest BCUT2D eigenvalue weighted by Gasteiger charge is 2.20. The van der Waals surface area contributed by atoms with Gasteiger partial charge in [0.05, 0.1) is 25.0 Å². The van der Waals surface area contributed by atoms with Crippen LogP contribution in [0.2, 0.25) is 0 Å². The van der Waals surface area contributed by atoms with Gasteiger partial charge >= 0.3 is 0 Å². The SMILES string of the molecule is COCCn1c(C)cc(C(=O)CSc2nnnn2C[C@H]2CCCO2)c1C. The van der Waals surface area contributed by atoms with Gasteiger partial charge in [-0.25, -0.2) is 4.68 Å². The van der Waals surface area contributed by atoms with Crippen LogP contribution in [0.15, 0.2) is 11.2 Å². The number of hydrogen-bond donors (Lipinski definition) is 0. The van der Waals surface area contributed by atoms with Gasteiger partial charge in [0.2, 0.25) is 5.16 Å². The Hall–Kier alpha value is -1.71. The van der Waals surface area contributed by atoms with Crippen LogP contribution in [-0.4, -0.2) is 62.7 Å². The van der Waals surface area contributed by atoms with E-state index in [-0.39, 0.29) is 11.9 Å². The minimum atomic E-state index is 0.0819. The molecule has 9 heteroatoms. The van der Waals surface area contributed by atoms with Crippen LogP contribution in [0.25, 0.3) is 0 Å². The van der Waals surface area contributed by atoms with Gasteiger partial charge in [0.15, 0.2) is 5.78 Å². The average molecular weight is 379 g/mol. The van der Waals surface area contributed by atoms with Crippen LogP contribution in [0.4, 0.5) is 0 Å².